The highest BCUT2D eigenvalue weighted by Gasteiger charge is 2.15. The van der Waals surface area contributed by atoms with Crippen LogP contribution in [0.2, 0.25) is 0 Å². The van der Waals surface area contributed by atoms with Gasteiger partial charge in [-0.15, -0.1) is 0 Å². The summed E-state index contributed by atoms with van der Waals surface area (Å²) in [6, 6.07) is 0. The third-order valence-corrected chi connectivity index (χ3v) is 4.68. The molecule has 0 bridgehead atoms. The van der Waals surface area contributed by atoms with Gasteiger partial charge in [-0.05, 0) is 39.5 Å². The molecule has 140 valence electrons. The van der Waals surface area contributed by atoms with E-state index in [4.69, 9.17) is 4.74 Å². The van der Waals surface area contributed by atoms with Crippen LogP contribution in [0.25, 0.3) is 0 Å². The molecule has 0 aromatic heterocycles. The predicted octanol–water partition coefficient (Wildman–Crippen LogP) is 7.92. The second-order valence-electron chi connectivity index (χ2n) is 8.40. The van der Waals surface area contributed by atoms with Crippen molar-refractivity contribution in [3.8, 4) is 0 Å². The molecule has 0 aliphatic heterocycles. The van der Waals surface area contributed by atoms with Crippen molar-refractivity contribution in [1.29, 1.82) is 0 Å². The van der Waals surface area contributed by atoms with Crippen molar-refractivity contribution < 1.29 is 4.74 Å². The quantitative estimate of drug-likeness (QED) is 0.262. The molecule has 1 nitrogen and oxygen atoms in total. The lowest BCUT2D eigenvalue weighted by atomic mass is 9.94. The topological polar surface area (TPSA) is 9.23 Å². The normalized spacial score (nSPS) is 12.3. The van der Waals surface area contributed by atoms with Crippen LogP contribution >= 0.6 is 0 Å². The molecule has 0 saturated heterocycles. The van der Waals surface area contributed by atoms with Gasteiger partial charge >= 0.3 is 0 Å². The van der Waals surface area contributed by atoms with Crippen LogP contribution in [0, 0.1) is 5.92 Å². The van der Waals surface area contributed by atoms with E-state index in [-0.39, 0.29) is 5.60 Å². The van der Waals surface area contributed by atoms with Gasteiger partial charge in [-0.1, -0.05) is 90.9 Å². The largest absolute Gasteiger partial charge is 0.376 e. The third kappa shape index (κ3) is 18.1. The summed E-state index contributed by atoms with van der Waals surface area (Å²) in [5, 5.41) is 0. The summed E-state index contributed by atoms with van der Waals surface area (Å²) < 4.78 is 6.08. The molecule has 0 saturated carbocycles. The van der Waals surface area contributed by atoms with Crippen molar-refractivity contribution in [1.82, 2.24) is 0 Å². The molecule has 0 radical (unpaired) electrons. The van der Waals surface area contributed by atoms with Crippen LogP contribution in [-0.2, 0) is 4.74 Å². The first kappa shape index (κ1) is 23.0. The highest BCUT2D eigenvalue weighted by molar-refractivity contribution is 4.65. The maximum absolute atomic E-state index is 6.08. The number of ether oxygens (including phenoxy) is 1. The van der Waals surface area contributed by atoms with Gasteiger partial charge in [-0.25, -0.2) is 0 Å². The Hall–Kier alpha value is -0.0400. The van der Waals surface area contributed by atoms with E-state index < -0.39 is 0 Å². The molecule has 0 fully saturated rings. The van der Waals surface area contributed by atoms with Gasteiger partial charge in [0.1, 0.15) is 0 Å². The summed E-state index contributed by atoms with van der Waals surface area (Å²) in [6.07, 6.45) is 19.6. The number of rotatable bonds is 16. The van der Waals surface area contributed by atoms with E-state index >= 15 is 0 Å². The first-order chi connectivity index (χ1) is 11.0. The van der Waals surface area contributed by atoms with Crippen LogP contribution in [-0.4, -0.2) is 12.2 Å². The maximum Gasteiger partial charge on any atom is 0.0598 e. The number of hydrogen-bond donors (Lipinski definition) is 0. The lowest BCUT2D eigenvalue weighted by Gasteiger charge is -2.24. The molecule has 1 heteroatoms. The molecule has 0 aromatic carbocycles. The standard InChI is InChI=1S/C22H46O/c1-6-8-10-12-14-16-18-21(20-23-22(3,4)5)19-17-15-13-11-9-7-2/h21H,6-20H2,1-5H3. The van der Waals surface area contributed by atoms with E-state index in [1.165, 1.54) is 89.9 Å². The van der Waals surface area contributed by atoms with Crippen molar-refractivity contribution in [2.45, 2.75) is 130 Å². The summed E-state index contributed by atoms with van der Waals surface area (Å²) in [6.45, 7) is 12.1. The Morgan fingerprint density at radius 3 is 1.39 bits per heavy atom. The van der Waals surface area contributed by atoms with Crippen LogP contribution in [0.3, 0.4) is 0 Å². The summed E-state index contributed by atoms with van der Waals surface area (Å²) >= 11 is 0. The van der Waals surface area contributed by atoms with Crippen LogP contribution in [0.15, 0.2) is 0 Å². The maximum atomic E-state index is 6.08. The Bertz CT molecular complexity index is 213. The summed E-state index contributed by atoms with van der Waals surface area (Å²) in [5.41, 5.74) is 0.0144. The van der Waals surface area contributed by atoms with Crippen LogP contribution in [0.1, 0.15) is 125 Å². The van der Waals surface area contributed by atoms with Gasteiger partial charge in [0.05, 0.1) is 12.2 Å². The molecule has 0 heterocycles. The molecule has 0 aliphatic rings. The van der Waals surface area contributed by atoms with E-state index in [0.717, 1.165) is 12.5 Å². The van der Waals surface area contributed by atoms with E-state index in [1.807, 2.05) is 0 Å². The minimum absolute atomic E-state index is 0.0144. The van der Waals surface area contributed by atoms with E-state index in [0.29, 0.717) is 0 Å². The first-order valence-electron chi connectivity index (χ1n) is 10.6. The SMILES string of the molecule is CCCCCCCCC(CCCCCCCC)COC(C)(C)C. The Morgan fingerprint density at radius 1 is 0.609 bits per heavy atom. The fraction of sp³-hybridized carbons (Fsp3) is 1.00. The highest BCUT2D eigenvalue weighted by Crippen LogP contribution is 2.21. The molecular weight excluding hydrogens is 280 g/mol. The lowest BCUT2D eigenvalue weighted by Crippen LogP contribution is -2.23. The average molecular weight is 327 g/mol. The molecule has 0 unspecified atom stereocenters. The fourth-order valence-electron chi connectivity index (χ4n) is 3.11. The predicted molar refractivity (Wildman–Crippen MR) is 105 cm³/mol. The monoisotopic (exact) mass is 326 g/mol. The van der Waals surface area contributed by atoms with Crippen LogP contribution in [0.4, 0.5) is 0 Å². The fourth-order valence-corrected chi connectivity index (χ4v) is 3.11. The van der Waals surface area contributed by atoms with Gasteiger partial charge < -0.3 is 4.74 Å². The minimum Gasteiger partial charge on any atom is -0.376 e. The van der Waals surface area contributed by atoms with Gasteiger partial charge in [0, 0.05) is 0 Å². The second-order valence-corrected chi connectivity index (χ2v) is 8.40. The lowest BCUT2D eigenvalue weighted by molar-refractivity contribution is -0.0255. The Labute approximate surface area is 148 Å². The molecule has 0 amide bonds. The third-order valence-electron chi connectivity index (χ3n) is 4.68. The van der Waals surface area contributed by atoms with Crippen molar-refractivity contribution in [3.63, 3.8) is 0 Å². The Morgan fingerprint density at radius 2 is 1.00 bits per heavy atom. The minimum atomic E-state index is 0.0144. The summed E-state index contributed by atoms with van der Waals surface area (Å²) in [7, 11) is 0. The zero-order valence-corrected chi connectivity index (χ0v) is 17.1. The number of unbranched alkanes of at least 4 members (excludes halogenated alkanes) is 10. The first-order valence-corrected chi connectivity index (χ1v) is 10.6. The van der Waals surface area contributed by atoms with Crippen molar-refractivity contribution in [3.05, 3.63) is 0 Å². The Balaban J connectivity index is 3.84. The summed E-state index contributed by atoms with van der Waals surface area (Å²) in [5.74, 6) is 0.784. The van der Waals surface area contributed by atoms with Gasteiger partial charge in [0.25, 0.3) is 0 Å². The van der Waals surface area contributed by atoms with Crippen LogP contribution < -0.4 is 0 Å². The van der Waals surface area contributed by atoms with Gasteiger partial charge in [0.2, 0.25) is 0 Å². The van der Waals surface area contributed by atoms with Gasteiger partial charge in [-0.2, -0.15) is 0 Å². The van der Waals surface area contributed by atoms with Gasteiger partial charge in [-0.3, -0.25) is 0 Å². The highest BCUT2D eigenvalue weighted by atomic mass is 16.5. The smallest absolute Gasteiger partial charge is 0.0598 e. The molecule has 23 heavy (non-hydrogen) atoms. The molecule has 0 spiro atoms. The molecule has 0 aliphatic carbocycles. The van der Waals surface area contributed by atoms with E-state index in [9.17, 15) is 0 Å². The molecule has 0 N–H and O–H groups in total. The number of hydrogen-bond acceptors (Lipinski definition) is 1. The van der Waals surface area contributed by atoms with E-state index in [1.54, 1.807) is 0 Å². The molecule has 0 rings (SSSR count). The van der Waals surface area contributed by atoms with Crippen LogP contribution in [0.5, 0.6) is 0 Å². The molecule has 0 atom stereocenters. The van der Waals surface area contributed by atoms with E-state index in [2.05, 4.69) is 34.6 Å². The second kappa shape index (κ2) is 15.5. The molecule has 0 aromatic rings. The van der Waals surface area contributed by atoms with Gasteiger partial charge in [0.15, 0.2) is 0 Å². The van der Waals surface area contributed by atoms with Crippen molar-refractivity contribution in [2.75, 3.05) is 6.61 Å². The van der Waals surface area contributed by atoms with Crippen molar-refractivity contribution >= 4 is 0 Å². The zero-order valence-electron chi connectivity index (χ0n) is 17.1. The average Bonchev–Trinajstić information content (AvgIpc) is 2.49. The zero-order chi connectivity index (χ0) is 17.4. The molecular formula is C22H46O. The Kier molecular flexibility index (Phi) is 15.5. The summed E-state index contributed by atoms with van der Waals surface area (Å²) in [4.78, 5) is 0. The van der Waals surface area contributed by atoms with Crippen molar-refractivity contribution in [2.24, 2.45) is 5.92 Å².